The second kappa shape index (κ2) is 14.3. The standard InChI is InChI=1S/C30H42N8O4/c31-29(32)35-16-7-12-23(25(39)27(41)34-17-13-21-8-3-1-4-9-21)36-26(40)24-14-18-37-19-15-30(33,28(42)38(24)37)20-22-10-5-2-6-11-22/h1-6,8-11,23-25,39H,7,12-20,33H2,(H,34,41)(H,36,40)(H4,31,32,35)/t23-,24-,25-,30+/m0/s1. The molecule has 0 unspecified atom stereocenters. The molecule has 2 aliphatic rings. The van der Waals surface area contributed by atoms with Gasteiger partial charge in [0, 0.05) is 26.2 Å². The van der Waals surface area contributed by atoms with E-state index in [0.717, 1.165) is 11.1 Å². The lowest BCUT2D eigenvalue weighted by Crippen LogP contribution is -2.67. The van der Waals surface area contributed by atoms with Crippen molar-refractivity contribution in [3.8, 4) is 0 Å². The highest BCUT2D eigenvalue weighted by molar-refractivity contribution is 5.93. The predicted octanol–water partition coefficient (Wildman–Crippen LogP) is -0.594. The summed E-state index contributed by atoms with van der Waals surface area (Å²) < 4.78 is 0. The van der Waals surface area contributed by atoms with Crippen molar-refractivity contribution in [3.05, 3.63) is 71.8 Å². The Kier molecular flexibility index (Phi) is 10.5. The van der Waals surface area contributed by atoms with E-state index in [1.165, 1.54) is 5.01 Å². The molecule has 2 fully saturated rings. The number of hydrogen-bond acceptors (Lipinski definition) is 7. The van der Waals surface area contributed by atoms with Gasteiger partial charge in [0.15, 0.2) is 12.1 Å². The number of hydrazine groups is 1. The third kappa shape index (κ3) is 7.84. The summed E-state index contributed by atoms with van der Waals surface area (Å²) in [5, 5.41) is 19.9. The first-order chi connectivity index (χ1) is 20.2. The number of carbonyl (C=O) groups excluding carboxylic acids is 3. The molecular formula is C30H42N8O4. The first-order valence-corrected chi connectivity index (χ1v) is 14.4. The number of nitrogens with two attached hydrogens (primary N) is 3. The molecule has 2 aromatic carbocycles. The minimum absolute atomic E-state index is 0.0646. The monoisotopic (exact) mass is 578 g/mol. The number of aliphatic hydroxyl groups excluding tert-OH is 1. The van der Waals surface area contributed by atoms with E-state index in [1.807, 2.05) is 65.7 Å². The third-order valence-corrected chi connectivity index (χ3v) is 7.88. The van der Waals surface area contributed by atoms with Gasteiger partial charge >= 0.3 is 0 Å². The average molecular weight is 579 g/mol. The number of rotatable bonds is 13. The number of guanidine groups is 1. The van der Waals surface area contributed by atoms with Gasteiger partial charge in [0.2, 0.25) is 5.91 Å². The number of nitrogens with zero attached hydrogens (tertiary/aromatic N) is 3. The van der Waals surface area contributed by atoms with Crippen molar-refractivity contribution in [1.29, 1.82) is 0 Å². The molecule has 0 aromatic heterocycles. The number of carbonyl (C=O) groups is 3. The van der Waals surface area contributed by atoms with Gasteiger partial charge in [-0.1, -0.05) is 60.7 Å². The Hall–Kier alpha value is -4.00. The summed E-state index contributed by atoms with van der Waals surface area (Å²) in [4.78, 5) is 44.2. The van der Waals surface area contributed by atoms with E-state index in [9.17, 15) is 19.5 Å². The molecule has 12 nitrogen and oxygen atoms in total. The summed E-state index contributed by atoms with van der Waals surface area (Å²) in [5.41, 5.74) is 18.4. The van der Waals surface area contributed by atoms with E-state index in [4.69, 9.17) is 17.2 Å². The van der Waals surface area contributed by atoms with Gasteiger partial charge < -0.3 is 32.9 Å². The molecule has 3 amide bonds. The van der Waals surface area contributed by atoms with Crippen LogP contribution in [0.3, 0.4) is 0 Å². The molecule has 4 rings (SSSR count). The van der Waals surface area contributed by atoms with E-state index >= 15 is 0 Å². The molecule has 0 bridgehead atoms. The van der Waals surface area contributed by atoms with Gasteiger partial charge in [0.1, 0.15) is 11.6 Å². The normalized spacial score (nSPS) is 21.7. The second-order valence-corrected chi connectivity index (χ2v) is 11.0. The summed E-state index contributed by atoms with van der Waals surface area (Å²) in [6.45, 7) is 1.68. The number of amides is 3. The van der Waals surface area contributed by atoms with Gasteiger partial charge in [-0.2, -0.15) is 0 Å². The molecule has 2 heterocycles. The SMILES string of the molecule is NC(N)=NCCC[C@H](NC(=O)[C@@H]1CCN2CC[C@@](N)(Cc3ccccc3)C(=O)N12)[C@H](O)C(=O)NCCc1ccccc1. The van der Waals surface area contributed by atoms with E-state index in [0.29, 0.717) is 51.7 Å². The molecule has 2 aromatic rings. The predicted molar refractivity (Wildman–Crippen MR) is 160 cm³/mol. The van der Waals surface area contributed by atoms with Crippen molar-refractivity contribution < 1.29 is 19.5 Å². The zero-order valence-corrected chi connectivity index (χ0v) is 23.8. The maximum atomic E-state index is 13.7. The van der Waals surface area contributed by atoms with Crippen LogP contribution in [0.25, 0.3) is 0 Å². The van der Waals surface area contributed by atoms with Crippen LogP contribution in [0, 0.1) is 0 Å². The van der Waals surface area contributed by atoms with Crippen LogP contribution in [0.15, 0.2) is 65.7 Å². The highest BCUT2D eigenvalue weighted by Crippen LogP contribution is 2.31. The average Bonchev–Trinajstić information content (AvgIpc) is 3.42. The number of benzene rings is 2. The van der Waals surface area contributed by atoms with E-state index in [2.05, 4.69) is 15.6 Å². The van der Waals surface area contributed by atoms with E-state index < -0.39 is 35.5 Å². The van der Waals surface area contributed by atoms with Crippen LogP contribution in [0.1, 0.15) is 36.8 Å². The minimum Gasteiger partial charge on any atom is -0.381 e. The third-order valence-electron chi connectivity index (χ3n) is 7.88. The quantitative estimate of drug-likeness (QED) is 0.103. The molecule has 0 spiro atoms. The maximum absolute atomic E-state index is 13.7. The smallest absolute Gasteiger partial charge is 0.258 e. The largest absolute Gasteiger partial charge is 0.381 e. The highest BCUT2D eigenvalue weighted by atomic mass is 16.3. The van der Waals surface area contributed by atoms with Gasteiger partial charge in [-0.05, 0) is 49.7 Å². The maximum Gasteiger partial charge on any atom is 0.258 e. The van der Waals surface area contributed by atoms with E-state index in [1.54, 1.807) is 0 Å². The van der Waals surface area contributed by atoms with Crippen LogP contribution in [0.5, 0.6) is 0 Å². The Bertz CT molecular complexity index is 1240. The first-order valence-electron chi connectivity index (χ1n) is 14.4. The zero-order valence-electron chi connectivity index (χ0n) is 23.8. The molecule has 12 heteroatoms. The van der Waals surface area contributed by atoms with Crippen LogP contribution < -0.4 is 27.8 Å². The van der Waals surface area contributed by atoms with Crippen LogP contribution in [0.4, 0.5) is 0 Å². The Morgan fingerprint density at radius 1 is 1.05 bits per heavy atom. The van der Waals surface area contributed by atoms with Crippen molar-refractivity contribution in [3.63, 3.8) is 0 Å². The van der Waals surface area contributed by atoms with Gasteiger partial charge in [0.05, 0.1) is 6.04 Å². The summed E-state index contributed by atoms with van der Waals surface area (Å²) in [6.07, 6.45) is 1.000. The van der Waals surface area contributed by atoms with Crippen LogP contribution >= 0.6 is 0 Å². The molecule has 226 valence electrons. The van der Waals surface area contributed by atoms with Crippen molar-refractivity contribution in [2.75, 3.05) is 26.2 Å². The lowest BCUT2D eigenvalue weighted by molar-refractivity contribution is -0.165. The summed E-state index contributed by atoms with van der Waals surface area (Å²) in [5.74, 6) is -1.41. The van der Waals surface area contributed by atoms with Crippen LogP contribution in [0.2, 0.25) is 0 Å². The molecule has 0 radical (unpaired) electrons. The fraction of sp³-hybridized carbons (Fsp3) is 0.467. The second-order valence-electron chi connectivity index (χ2n) is 11.0. The molecule has 2 saturated heterocycles. The van der Waals surface area contributed by atoms with Crippen molar-refractivity contribution in [1.82, 2.24) is 20.7 Å². The fourth-order valence-electron chi connectivity index (χ4n) is 5.59. The number of fused-ring (bicyclic) bond motifs is 1. The molecule has 0 saturated carbocycles. The lowest BCUT2D eigenvalue weighted by Gasteiger charge is -2.44. The lowest BCUT2D eigenvalue weighted by atomic mass is 9.85. The molecule has 4 atom stereocenters. The topological polar surface area (TPSA) is 192 Å². The number of hydrogen-bond donors (Lipinski definition) is 6. The summed E-state index contributed by atoms with van der Waals surface area (Å²) >= 11 is 0. The summed E-state index contributed by atoms with van der Waals surface area (Å²) in [6, 6.07) is 17.5. The molecule has 2 aliphatic heterocycles. The van der Waals surface area contributed by atoms with Crippen LogP contribution in [-0.4, -0.2) is 88.7 Å². The number of aliphatic imine (C=N–C) groups is 1. The molecule has 9 N–H and O–H groups in total. The molecular weight excluding hydrogens is 536 g/mol. The van der Waals surface area contributed by atoms with Gasteiger partial charge in [-0.25, -0.2) is 5.01 Å². The highest BCUT2D eigenvalue weighted by Gasteiger charge is 2.51. The van der Waals surface area contributed by atoms with E-state index in [-0.39, 0.29) is 24.8 Å². The van der Waals surface area contributed by atoms with Crippen molar-refractivity contribution in [2.45, 2.75) is 62.3 Å². The first kappa shape index (κ1) is 30.9. The van der Waals surface area contributed by atoms with Gasteiger partial charge in [-0.3, -0.25) is 24.4 Å². The zero-order chi connectivity index (χ0) is 30.1. The Labute approximate surface area is 246 Å². The van der Waals surface area contributed by atoms with Crippen LogP contribution in [-0.2, 0) is 27.2 Å². The molecule has 0 aliphatic carbocycles. The number of aliphatic hydroxyl groups is 1. The van der Waals surface area contributed by atoms with Gasteiger partial charge in [-0.15, -0.1) is 0 Å². The minimum atomic E-state index is -1.51. The fourth-order valence-corrected chi connectivity index (χ4v) is 5.59. The summed E-state index contributed by atoms with van der Waals surface area (Å²) in [7, 11) is 0. The number of nitrogens with one attached hydrogen (secondary N) is 2. The Morgan fingerprint density at radius 2 is 1.71 bits per heavy atom. The van der Waals surface area contributed by atoms with Gasteiger partial charge in [0.25, 0.3) is 11.8 Å². The Balaban J connectivity index is 1.42. The Morgan fingerprint density at radius 3 is 2.38 bits per heavy atom. The van der Waals surface area contributed by atoms with Crippen molar-refractivity contribution >= 4 is 23.7 Å². The van der Waals surface area contributed by atoms with Crippen molar-refractivity contribution in [2.24, 2.45) is 22.2 Å². The molecule has 42 heavy (non-hydrogen) atoms.